The van der Waals surface area contributed by atoms with Gasteiger partial charge in [0.15, 0.2) is 0 Å². The fourth-order valence-corrected chi connectivity index (χ4v) is 4.72. The van der Waals surface area contributed by atoms with Crippen LogP contribution >= 0.6 is 23.4 Å². The maximum absolute atomic E-state index is 14.0. The summed E-state index contributed by atoms with van der Waals surface area (Å²) >= 11 is 7.17. The molecule has 2 aromatic carbocycles. The van der Waals surface area contributed by atoms with Crippen LogP contribution in [0.3, 0.4) is 0 Å². The highest BCUT2D eigenvalue weighted by molar-refractivity contribution is 8.18. The molecule has 1 aromatic heterocycles. The molecule has 1 aliphatic heterocycles. The number of aromatic nitrogens is 1. The number of nitrogens with zero attached hydrogens (tertiary/aromatic N) is 2. The van der Waals surface area contributed by atoms with Gasteiger partial charge < -0.3 is 4.57 Å². The van der Waals surface area contributed by atoms with Crippen LogP contribution < -0.4 is 0 Å². The maximum atomic E-state index is 14.0. The summed E-state index contributed by atoms with van der Waals surface area (Å²) in [5.74, 6) is -0.854. The SMILES string of the molecule is Cc1c(Cl)cccc1-n1c(C)cc(/C=C2\SC(=O)N(Cc3ccccc3F)C2=O)c1C. The zero-order valence-corrected chi connectivity index (χ0v) is 18.9. The van der Waals surface area contributed by atoms with Crippen molar-refractivity contribution in [2.75, 3.05) is 0 Å². The highest BCUT2D eigenvalue weighted by Crippen LogP contribution is 2.35. The molecule has 0 bridgehead atoms. The molecule has 31 heavy (non-hydrogen) atoms. The molecule has 0 N–H and O–H groups in total. The number of thioether (sulfide) groups is 1. The zero-order valence-electron chi connectivity index (χ0n) is 17.3. The Hall–Kier alpha value is -2.83. The molecule has 158 valence electrons. The van der Waals surface area contributed by atoms with Crippen molar-refractivity contribution in [2.45, 2.75) is 27.3 Å². The third-order valence-electron chi connectivity index (χ3n) is 5.40. The topological polar surface area (TPSA) is 42.3 Å². The predicted octanol–water partition coefficient (Wildman–Crippen LogP) is 6.43. The van der Waals surface area contributed by atoms with Crippen LogP contribution in [0.1, 0.15) is 28.1 Å². The van der Waals surface area contributed by atoms with Crippen molar-refractivity contribution in [1.82, 2.24) is 9.47 Å². The largest absolute Gasteiger partial charge is 0.318 e. The molecule has 0 aliphatic carbocycles. The lowest BCUT2D eigenvalue weighted by atomic mass is 10.2. The lowest BCUT2D eigenvalue weighted by Gasteiger charge is -2.14. The van der Waals surface area contributed by atoms with Gasteiger partial charge in [0, 0.05) is 27.7 Å². The quantitative estimate of drug-likeness (QED) is 0.426. The molecule has 4 rings (SSSR count). The van der Waals surface area contributed by atoms with E-state index in [1.54, 1.807) is 24.3 Å². The van der Waals surface area contributed by atoms with E-state index in [1.165, 1.54) is 6.07 Å². The summed E-state index contributed by atoms with van der Waals surface area (Å²) in [6.07, 6.45) is 1.73. The van der Waals surface area contributed by atoms with Gasteiger partial charge in [-0.05, 0) is 74.0 Å². The van der Waals surface area contributed by atoms with Crippen LogP contribution in [0.25, 0.3) is 11.8 Å². The third-order valence-corrected chi connectivity index (χ3v) is 6.71. The smallest absolute Gasteiger partial charge is 0.293 e. The van der Waals surface area contributed by atoms with Crippen molar-refractivity contribution < 1.29 is 14.0 Å². The minimum atomic E-state index is -0.439. The fourth-order valence-electron chi connectivity index (χ4n) is 3.72. The molecule has 1 saturated heterocycles. The Bertz CT molecular complexity index is 1250. The molecular formula is C24H20ClFN2O2S. The Balaban J connectivity index is 1.67. The van der Waals surface area contributed by atoms with Gasteiger partial charge in [-0.25, -0.2) is 4.39 Å². The van der Waals surface area contributed by atoms with Gasteiger partial charge in [0.1, 0.15) is 5.82 Å². The molecule has 2 heterocycles. The Morgan fingerprint density at radius 3 is 2.55 bits per heavy atom. The molecule has 1 fully saturated rings. The van der Waals surface area contributed by atoms with Crippen molar-refractivity contribution in [2.24, 2.45) is 0 Å². The van der Waals surface area contributed by atoms with Crippen LogP contribution in [0.5, 0.6) is 0 Å². The van der Waals surface area contributed by atoms with Gasteiger partial charge in [0.05, 0.1) is 11.4 Å². The van der Waals surface area contributed by atoms with Crippen LogP contribution in [-0.4, -0.2) is 20.6 Å². The summed E-state index contributed by atoms with van der Waals surface area (Å²) in [5.41, 5.74) is 5.00. The van der Waals surface area contributed by atoms with E-state index < -0.39 is 17.0 Å². The fraction of sp³-hybridized carbons (Fsp3) is 0.167. The van der Waals surface area contributed by atoms with Crippen molar-refractivity contribution in [3.05, 3.63) is 92.4 Å². The third kappa shape index (κ3) is 3.93. The second-order valence-corrected chi connectivity index (χ2v) is 8.81. The standard InChI is InChI=1S/C24H20ClFN2O2S/c1-14-11-18(16(3)28(14)21-10-6-8-19(25)15(21)2)12-22-23(29)27(24(30)31-22)13-17-7-4-5-9-20(17)26/h4-12H,13H2,1-3H3/b22-12-. The van der Waals surface area contributed by atoms with Gasteiger partial charge in [0.2, 0.25) is 0 Å². The van der Waals surface area contributed by atoms with Gasteiger partial charge in [-0.15, -0.1) is 0 Å². The number of hydrogen-bond donors (Lipinski definition) is 0. The lowest BCUT2D eigenvalue weighted by molar-refractivity contribution is -0.123. The van der Waals surface area contributed by atoms with Gasteiger partial charge in [-0.2, -0.15) is 0 Å². The monoisotopic (exact) mass is 454 g/mol. The molecule has 0 unspecified atom stereocenters. The van der Waals surface area contributed by atoms with E-state index in [1.807, 2.05) is 45.0 Å². The number of benzene rings is 2. The lowest BCUT2D eigenvalue weighted by Crippen LogP contribution is -2.27. The van der Waals surface area contributed by atoms with Gasteiger partial charge in [-0.3, -0.25) is 14.5 Å². The molecule has 0 saturated carbocycles. The van der Waals surface area contributed by atoms with Crippen LogP contribution in [-0.2, 0) is 11.3 Å². The summed E-state index contributed by atoms with van der Waals surface area (Å²) in [5, 5.41) is 0.278. The van der Waals surface area contributed by atoms with E-state index in [-0.39, 0.29) is 6.54 Å². The number of hydrogen-bond acceptors (Lipinski definition) is 3. The predicted molar refractivity (Wildman–Crippen MR) is 123 cm³/mol. The molecule has 0 radical (unpaired) electrons. The Morgan fingerprint density at radius 2 is 1.81 bits per heavy atom. The Labute approximate surface area is 189 Å². The van der Waals surface area contributed by atoms with E-state index in [2.05, 4.69) is 4.57 Å². The Morgan fingerprint density at radius 1 is 1.06 bits per heavy atom. The molecule has 0 atom stereocenters. The number of carbonyl (C=O) groups is 2. The summed E-state index contributed by atoms with van der Waals surface area (Å²) in [6.45, 7) is 5.82. The molecule has 4 nitrogen and oxygen atoms in total. The van der Waals surface area contributed by atoms with E-state index in [4.69, 9.17) is 11.6 Å². The average molecular weight is 455 g/mol. The molecule has 7 heteroatoms. The van der Waals surface area contributed by atoms with Crippen molar-refractivity contribution in [1.29, 1.82) is 0 Å². The summed E-state index contributed by atoms with van der Waals surface area (Å²) in [7, 11) is 0. The summed E-state index contributed by atoms with van der Waals surface area (Å²) in [6, 6.07) is 13.9. The second-order valence-electron chi connectivity index (χ2n) is 7.41. The van der Waals surface area contributed by atoms with Gasteiger partial charge in [0.25, 0.3) is 11.1 Å². The number of halogens is 2. The second kappa shape index (κ2) is 8.36. The number of imide groups is 1. The maximum Gasteiger partial charge on any atom is 0.293 e. The molecule has 3 aromatic rings. The van der Waals surface area contributed by atoms with Gasteiger partial charge in [-0.1, -0.05) is 35.9 Å². The van der Waals surface area contributed by atoms with Crippen molar-refractivity contribution in [3.63, 3.8) is 0 Å². The highest BCUT2D eigenvalue weighted by Gasteiger charge is 2.35. The summed E-state index contributed by atoms with van der Waals surface area (Å²) < 4.78 is 16.1. The zero-order chi connectivity index (χ0) is 22.3. The number of amides is 2. The average Bonchev–Trinajstić information content (AvgIpc) is 3.15. The van der Waals surface area contributed by atoms with Crippen LogP contribution in [0.4, 0.5) is 9.18 Å². The van der Waals surface area contributed by atoms with Crippen LogP contribution in [0.15, 0.2) is 53.4 Å². The molecule has 1 aliphatic rings. The molecule has 2 amide bonds. The van der Waals surface area contributed by atoms with E-state index in [0.717, 1.165) is 44.9 Å². The number of rotatable bonds is 4. The number of carbonyl (C=O) groups excluding carboxylic acids is 2. The first-order valence-electron chi connectivity index (χ1n) is 9.71. The van der Waals surface area contributed by atoms with E-state index in [9.17, 15) is 14.0 Å². The van der Waals surface area contributed by atoms with E-state index >= 15 is 0 Å². The van der Waals surface area contributed by atoms with Crippen molar-refractivity contribution >= 4 is 40.6 Å². The first-order chi connectivity index (χ1) is 14.8. The van der Waals surface area contributed by atoms with Gasteiger partial charge >= 0.3 is 0 Å². The Kier molecular flexibility index (Phi) is 5.77. The molecule has 0 spiro atoms. The van der Waals surface area contributed by atoms with Crippen LogP contribution in [0, 0.1) is 26.6 Å². The van der Waals surface area contributed by atoms with E-state index in [0.29, 0.717) is 15.5 Å². The summed E-state index contributed by atoms with van der Waals surface area (Å²) in [4.78, 5) is 26.7. The first-order valence-corrected chi connectivity index (χ1v) is 10.9. The highest BCUT2D eigenvalue weighted by atomic mass is 35.5. The normalized spacial score (nSPS) is 15.4. The minimum absolute atomic E-state index is 0.0879. The van der Waals surface area contributed by atoms with Crippen molar-refractivity contribution in [3.8, 4) is 5.69 Å². The first kappa shape index (κ1) is 21.4. The minimum Gasteiger partial charge on any atom is -0.318 e. The van der Waals surface area contributed by atoms with Crippen LogP contribution in [0.2, 0.25) is 5.02 Å². The number of aryl methyl sites for hydroxylation is 1. The molecular weight excluding hydrogens is 435 g/mol.